The van der Waals surface area contributed by atoms with Crippen LogP contribution < -0.4 is 14.8 Å². The molecule has 0 spiro atoms. The average molecular weight is 381 g/mol. The summed E-state index contributed by atoms with van der Waals surface area (Å²) < 4.78 is 15.8. The molecule has 0 aromatic heterocycles. The molecule has 1 aliphatic heterocycles. The third kappa shape index (κ3) is 5.13. The number of hydrogen-bond acceptors (Lipinski definition) is 5. The maximum absolute atomic E-state index is 12.4. The van der Waals surface area contributed by atoms with Gasteiger partial charge in [0, 0.05) is 6.08 Å². The first-order valence-corrected chi connectivity index (χ1v) is 9.07. The van der Waals surface area contributed by atoms with Gasteiger partial charge in [-0.1, -0.05) is 35.9 Å². The van der Waals surface area contributed by atoms with Crippen LogP contribution in [-0.4, -0.2) is 32.2 Å². The quantitative estimate of drug-likeness (QED) is 0.614. The fourth-order valence-electron chi connectivity index (χ4n) is 2.86. The van der Waals surface area contributed by atoms with E-state index in [0.717, 1.165) is 16.7 Å². The molecule has 2 aromatic carbocycles. The van der Waals surface area contributed by atoms with Crippen LogP contribution in [-0.2, 0) is 14.3 Å². The van der Waals surface area contributed by atoms with Crippen LogP contribution >= 0.6 is 0 Å². The maximum Gasteiger partial charge on any atom is 0.307 e. The summed E-state index contributed by atoms with van der Waals surface area (Å²) >= 11 is 0. The molecule has 1 amide bonds. The maximum atomic E-state index is 12.4. The second-order valence-corrected chi connectivity index (χ2v) is 6.49. The lowest BCUT2D eigenvalue weighted by Crippen LogP contribution is -2.29. The van der Waals surface area contributed by atoms with E-state index in [9.17, 15) is 9.59 Å². The average Bonchev–Trinajstić information content (AvgIpc) is 2.72. The molecule has 146 valence electrons. The normalized spacial score (nSPS) is 13.8. The van der Waals surface area contributed by atoms with E-state index in [4.69, 9.17) is 14.2 Å². The van der Waals surface area contributed by atoms with Crippen LogP contribution in [0.2, 0.25) is 0 Å². The second-order valence-electron chi connectivity index (χ2n) is 6.49. The monoisotopic (exact) mass is 381 g/mol. The van der Waals surface area contributed by atoms with Crippen molar-refractivity contribution in [1.82, 2.24) is 5.32 Å². The minimum atomic E-state index is -0.467. The lowest BCUT2D eigenvalue weighted by atomic mass is 10.0. The molecule has 0 radical (unpaired) electrons. The number of methoxy groups -OCH3 is 1. The van der Waals surface area contributed by atoms with Crippen LogP contribution in [0, 0.1) is 6.92 Å². The molecule has 0 fully saturated rings. The Morgan fingerprint density at radius 1 is 1.11 bits per heavy atom. The molecule has 28 heavy (non-hydrogen) atoms. The zero-order chi connectivity index (χ0) is 19.9. The largest absolute Gasteiger partial charge is 0.486 e. The Bertz CT molecular complexity index is 873. The van der Waals surface area contributed by atoms with Gasteiger partial charge in [-0.15, -0.1) is 0 Å². The van der Waals surface area contributed by atoms with Gasteiger partial charge in [-0.2, -0.15) is 0 Å². The van der Waals surface area contributed by atoms with E-state index >= 15 is 0 Å². The first-order chi connectivity index (χ1) is 13.5. The van der Waals surface area contributed by atoms with Crippen molar-refractivity contribution in [3.63, 3.8) is 0 Å². The predicted octanol–water partition coefficient (Wildman–Crippen LogP) is 3.20. The van der Waals surface area contributed by atoms with Crippen molar-refractivity contribution < 1.29 is 23.8 Å². The van der Waals surface area contributed by atoms with Gasteiger partial charge in [0.15, 0.2) is 11.5 Å². The lowest BCUT2D eigenvalue weighted by Gasteiger charge is -2.18. The number of amides is 1. The third-order valence-electron chi connectivity index (χ3n) is 4.39. The Balaban J connectivity index is 1.69. The number of carbonyl (C=O) groups excluding carboxylic acids is 2. The van der Waals surface area contributed by atoms with Crippen molar-refractivity contribution in [2.75, 3.05) is 20.3 Å². The SMILES string of the molecule is COC(=O)CC(NC(=O)/C=C/c1ccc2c(c1)OCCO2)c1ccc(C)cc1. The zero-order valence-corrected chi connectivity index (χ0v) is 15.9. The van der Waals surface area contributed by atoms with Gasteiger partial charge in [0.25, 0.3) is 0 Å². The molecule has 1 atom stereocenters. The van der Waals surface area contributed by atoms with Crippen molar-refractivity contribution in [3.05, 3.63) is 65.2 Å². The van der Waals surface area contributed by atoms with Gasteiger partial charge < -0.3 is 19.5 Å². The van der Waals surface area contributed by atoms with Crippen LogP contribution in [0.5, 0.6) is 11.5 Å². The summed E-state index contributed by atoms with van der Waals surface area (Å²) in [5.74, 6) is 0.674. The molecule has 6 heteroatoms. The topological polar surface area (TPSA) is 73.9 Å². The molecule has 3 rings (SSSR count). The van der Waals surface area contributed by atoms with Crippen LogP contribution in [0.15, 0.2) is 48.5 Å². The summed E-state index contributed by atoms with van der Waals surface area (Å²) in [5.41, 5.74) is 2.77. The van der Waals surface area contributed by atoms with Gasteiger partial charge in [0.2, 0.25) is 5.91 Å². The highest BCUT2D eigenvalue weighted by atomic mass is 16.6. The molecule has 1 heterocycles. The number of benzene rings is 2. The van der Waals surface area contributed by atoms with Crippen LogP contribution in [0.3, 0.4) is 0 Å². The Labute approximate surface area is 164 Å². The summed E-state index contributed by atoms with van der Waals surface area (Å²) in [4.78, 5) is 24.2. The fourth-order valence-corrected chi connectivity index (χ4v) is 2.86. The zero-order valence-electron chi connectivity index (χ0n) is 15.9. The van der Waals surface area contributed by atoms with Gasteiger partial charge in [-0.3, -0.25) is 9.59 Å². The Morgan fingerprint density at radius 2 is 1.82 bits per heavy atom. The van der Waals surface area contributed by atoms with Crippen molar-refractivity contribution in [3.8, 4) is 11.5 Å². The smallest absolute Gasteiger partial charge is 0.307 e. The number of aryl methyl sites for hydroxylation is 1. The highest BCUT2D eigenvalue weighted by Gasteiger charge is 2.18. The first-order valence-electron chi connectivity index (χ1n) is 9.07. The van der Waals surface area contributed by atoms with E-state index in [1.807, 2.05) is 49.4 Å². The molecule has 1 N–H and O–H groups in total. The minimum absolute atomic E-state index is 0.0587. The fraction of sp³-hybridized carbons (Fsp3) is 0.273. The first kappa shape index (κ1) is 19.5. The third-order valence-corrected chi connectivity index (χ3v) is 4.39. The van der Waals surface area contributed by atoms with E-state index in [-0.39, 0.29) is 18.3 Å². The van der Waals surface area contributed by atoms with E-state index < -0.39 is 6.04 Å². The van der Waals surface area contributed by atoms with Crippen LogP contribution in [0.25, 0.3) is 6.08 Å². The number of hydrogen-bond donors (Lipinski definition) is 1. The van der Waals surface area contributed by atoms with E-state index in [0.29, 0.717) is 24.7 Å². The molecule has 6 nitrogen and oxygen atoms in total. The van der Waals surface area contributed by atoms with Gasteiger partial charge in [0.1, 0.15) is 13.2 Å². The summed E-state index contributed by atoms with van der Waals surface area (Å²) in [6.07, 6.45) is 3.19. The molecule has 0 aliphatic carbocycles. The highest BCUT2D eigenvalue weighted by molar-refractivity contribution is 5.92. The van der Waals surface area contributed by atoms with E-state index in [1.165, 1.54) is 13.2 Å². The highest BCUT2D eigenvalue weighted by Crippen LogP contribution is 2.31. The lowest BCUT2D eigenvalue weighted by molar-refractivity contribution is -0.141. The van der Waals surface area contributed by atoms with Crippen molar-refractivity contribution in [2.45, 2.75) is 19.4 Å². The molecule has 0 bridgehead atoms. The summed E-state index contributed by atoms with van der Waals surface area (Å²) in [5, 5.41) is 2.87. The van der Waals surface area contributed by atoms with Crippen molar-refractivity contribution in [2.24, 2.45) is 0 Å². The minimum Gasteiger partial charge on any atom is -0.486 e. The number of carbonyl (C=O) groups is 2. The molecule has 0 saturated heterocycles. The van der Waals surface area contributed by atoms with Gasteiger partial charge in [-0.05, 0) is 36.3 Å². The molecule has 1 aliphatic rings. The number of nitrogens with one attached hydrogen (secondary N) is 1. The van der Waals surface area contributed by atoms with Gasteiger partial charge >= 0.3 is 5.97 Å². The van der Waals surface area contributed by atoms with E-state index in [2.05, 4.69) is 5.32 Å². The van der Waals surface area contributed by atoms with Gasteiger partial charge in [-0.25, -0.2) is 0 Å². The van der Waals surface area contributed by atoms with Gasteiger partial charge in [0.05, 0.1) is 19.6 Å². The van der Waals surface area contributed by atoms with Crippen molar-refractivity contribution in [1.29, 1.82) is 0 Å². The molecular formula is C22H23NO5. The second kappa shape index (κ2) is 9.08. The number of fused-ring (bicyclic) bond motifs is 1. The van der Waals surface area contributed by atoms with Crippen molar-refractivity contribution >= 4 is 18.0 Å². The van der Waals surface area contributed by atoms with E-state index in [1.54, 1.807) is 6.08 Å². The Kier molecular flexibility index (Phi) is 6.32. The predicted molar refractivity (Wildman–Crippen MR) is 105 cm³/mol. The Morgan fingerprint density at radius 3 is 2.54 bits per heavy atom. The molecule has 2 aromatic rings. The Hall–Kier alpha value is -3.28. The summed E-state index contributed by atoms with van der Waals surface area (Å²) in [6, 6.07) is 12.7. The molecule has 0 saturated carbocycles. The summed E-state index contributed by atoms with van der Waals surface area (Å²) in [6.45, 7) is 3.02. The number of ether oxygens (including phenoxy) is 3. The number of rotatable bonds is 6. The summed E-state index contributed by atoms with van der Waals surface area (Å²) in [7, 11) is 1.33. The standard InChI is InChI=1S/C22H23NO5/c1-15-3-7-17(8-4-15)18(14-22(25)26-2)23-21(24)10-6-16-5-9-19-20(13-16)28-12-11-27-19/h3-10,13,18H,11-12,14H2,1-2H3,(H,23,24)/b10-6+. The van der Waals surface area contributed by atoms with Crippen LogP contribution in [0.1, 0.15) is 29.2 Å². The number of esters is 1. The molecule has 1 unspecified atom stereocenters. The molecular weight excluding hydrogens is 358 g/mol. The van der Waals surface area contributed by atoms with Crippen LogP contribution in [0.4, 0.5) is 0 Å².